The van der Waals surface area contributed by atoms with Crippen LogP contribution in [-0.4, -0.2) is 39.4 Å². The molecule has 36 heavy (non-hydrogen) atoms. The van der Waals surface area contributed by atoms with Crippen molar-refractivity contribution in [2.24, 2.45) is 5.14 Å². The summed E-state index contributed by atoms with van der Waals surface area (Å²) in [7, 11) is -1.08. The zero-order valence-electron chi connectivity index (χ0n) is 19.1. The van der Waals surface area contributed by atoms with Gasteiger partial charge in [0, 0.05) is 10.7 Å². The lowest BCUT2D eigenvalue weighted by molar-refractivity contribution is -0.132. The minimum atomic E-state index is -3.97. The molecule has 1 aliphatic rings. The molecule has 0 aromatic heterocycles. The van der Waals surface area contributed by atoms with Crippen molar-refractivity contribution in [3.63, 3.8) is 0 Å². The number of halogens is 1. The summed E-state index contributed by atoms with van der Waals surface area (Å²) in [6.07, 6.45) is 0. The number of hydrogen-bond donors (Lipinski definition) is 2. The minimum Gasteiger partial charge on any atom is -0.507 e. The van der Waals surface area contributed by atoms with E-state index >= 15 is 0 Å². The van der Waals surface area contributed by atoms with Crippen LogP contribution in [0.4, 0.5) is 5.69 Å². The molecule has 0 spiro atoms. The summed E-state index contributed by atoms with van der Waals surface area (Å²) in [5, 5.41) is 16.8. The van der Waals surface area contributed by atoms with E-state index in [0.717, 1.165) is 0 Å². The highest BCUT2D eigenvalue weighted by molar-refractivity contribution is 7.89. The van der Waals surface area contributed by atoms with E-state index < -0.39 is 33.5 Å². The molecule has 1 amide bonds. The highest BCUT2D eigenvalue weighted by Gasteiger charge is 2.47. The fraction of sp³-hybridized carbons (Fsp3) is 0.120. The van der Waals surface area contributed by atoms with Crippen LogP contribution in [0, 0.1) is 0 Å². The predicted octanol–water partition coefficient (Wildman–Crippen LogP) is 3.63. The number of amides is 1. The van der Waals surface area contributed by atoms with E-state index in [1.807, 2.05) is 0 Å². The molecule has 3 aromatic rings. The van der Waals surface area contributed by atoms with Crippen molar-refractivity contribution in [1.82, 2.24) is 0 Å². The van der Waals surface area contributed by atoms with Gasteiger partial charge in [0.1, 0.15) is 17.3 Å². The first-order valence-electron chi connectivity index (χ1n) is 10.5. The Bertz CT molecular complexity index is 1480. The van der Waals surface area contributed by atoms with Crippen LogP contribution >= 0.6 is 11.6 Å². The third kappa shape index (κ3) is 4.53. The van der Waals surface area contributed by atoms with Gasteiger partial charge in [-0.05, 0) is 60.2 Å². The van der Waals surface area contributed by atoms with Gasteiger partial charge in [-0.15, -0.1) is 0 Å². The van der Waals surface area contributed by atoms with E-state index in [4.69, 9.17) is 26.2 Å². The lowest BCUT2D eigenvalue weighted by atomic mass is 9.94. The smallest absolute Gasteiger partial charge is 0.300 e. The Morgan fingerprint density at radius 3 is 2.17 bits per heavy atom. The number of hydrogen-bond acceptors (Lipinski definition) is 7. The molecule has 11 heteroatoms. The number of Topliss-reactive ketones (excluding diaryl/α,β-unsaturated/α-hetero) is 1. The largest absolute Gasteiger partial charge is 0.507 e. The second-order valence-corrected chi connectivity index (χ2v) is 9.82. The zero-order chi connectivity index (χ0) is 26.2. The van der Waals surface area contributed by atoms with Crippen molar-refractivity contribution in [2.45, 2.75) is 10.9 Å². The van der Waals surface area contributed by atoms with E-state index in [9.17, 15) is 23.1 Å². The molecule has 0 aliphatic carbocycles. The van der Waals surface area contributed by atoms with Gasteiger partial charge in [0.2, 0.25) is 10.0 Å². The average molecular weight is 529 g/mol. The van der Waals surface area contributed by atoms with Gasteiger partial charge in [-0.3, -0.25) is 14.5 Å². The Kier molecular flexibility index (Phi) is 6.77. The van der Waals surface area contributed by atoms with Crippen LogP contribution in [0.15, 0.2) is 77.2 Å². The van der Waals surface area contributed by atoms with Gasteiger partial charge in [-0.2, -0.15) is 0 Å². The van der Waals surface area contributed by atoms with Gasteiger partial charge < -0.3 is 14.6 Å². The Labute approximate surface area is 212 Å². The SMILES string of the molecule is COc1ccc(C2/C(=C(\O)c3cc(Cl)ccc3OC)C(=O)C(=O)N2c2ccc(S(N)(=O)=O)cc2)cc1. The summed E-state index contributed by atoms with van der Waals surface area (Å²) in [5.74, 6) is -1.54. The number of primary sulfonamides is 1. The van der Waals surface area contributed by atoms with Gasteiger partial charge in [0.05, 0.1) is 36.3 Å². The van der Waals surface area contributed by atoms with Crippen LogP contribution in [0.3, 0.4) is 0 Å². The molecule has 0 radical (unpaired) electrons. The maximum Gasteiger partial charge on any atom is 0.300 e. The quantitative estimate of drug-likeness (QED) is 0.283. The number of nitrogens with zero attached hydrogens (tertiary/aromatic N) is 1. The van der Waals surface area contributed by atoms with Crippen molar-refractivity contribution >= 4 is 44.8 Å². The van der Waals surface area contributed by atoms with Crippen LogP contribution in [-0.2, 0) is 19.6 Å². The van der Waals surface area contributed by atoms with Crippen molar-refractivity contribution in [2.75, 3.05) is 19.1 Å². The molecule has 186 valence electrons. The molecule has 0 bridgehead atoms. The first kappa shape index (κ1) is 25.2. The molecular weight excluding hydrogens is 508 g/mol. The van der Waals surface area contributed by atoms with Gasteiger partial charge in [-0.1, -0.05) is 23.7 Å². The second-order valence-electron chi connectivity index (χ2n) is 7.83. The molecule has 1 fully saturated rings. The van der Waals surface area contributed by atoms with Crippen molar-refractivity contribution in [1.29, 1.82) is 0 Å². The number of aliphatic hydroxyl groups excluding tert-OH is 1. The number of anilines is 1. The average Bonchev–Trinajstić information content (AvgIpc) is 3.13. The lowest BCUT2D eigenvalue weighted by Gasteiger charge is -2.26. The van der Waals surface area contributed by atoms with E-state index in [-0.39, 0.29) is 32.5 Å². The molecular formula is C25H21ClN2O7S. The van der Waals surface area contributed by atoms with Gasteiger partial charge in [0.15, 0.2) is 0 Å². The second kappa shape index (κ2) is 9.65. The fourth-order valence-electron chi connectivity index (χ4n) is 4.01. The summed E-state index contributed by atoms with van der Waals surface area (Å²) in [6.45, 7) is 0. The summed E-state index contributed by atoms with van der Waals surface area (Å²) in [5.41, 5.74) is 0.655. The Morgan fingerprint density at radius 1 is 0.972 bits per heavy atom. The number of nitrogens with two attached hydrogens (primary N) is 1. The predicted molar refractivity (Wildman–Crippen MR) is 134 cm³/mol. The number of carbonyl (C=O) groups excluding carboxylic acids is 2. The van der Waals surface area contributed by atoms with E-state index in [1.54, 1.807) is 30.3 Å². The zero-order valence-corrected chi connectivity index (χ0v) is 20.7. The van der Waals surface area contributed by atoms with Crippen molar-refractivity contribution in [3.8, 4) is 11.5 Å². The third-order valence-electron chi connectivity index (χ3n) is 5.74. The first-order chi connectivity index (χ1) is 17.1. The molecule has 1 aliphatic heterocycles. The Hall–Kier alpha value is -3.86. The normalized spacial score (nSPS) is 17.3. The number of methoxy groups -OCH3 is 2. The van der Waals surface area contributed by atoms with Crippen LogP contribution in [0.25, 0.3) is 5.76 Å². The molecule has 0 saturated carbocycles. The Balaban J connectivity index is 1.95. The monoisotopic (exact) mass is 528 g/mol. The topological polar surface area (TPSA) is 136 Å². The summed E-state index contributed by atoms with van der Waals surface area (Å²) in [6, 6.07) is 15.3. The number of aliphatic hydroxyl groups is 1. The number of rotatable bonds is 6. The number of carbonyl (C=O) groups is 2. The molecule has 1 unspecified atom stereocenters. The maximum atomic E-state index is 13.3. The molecule has 4 rings (SSSR count). The van der Waals surface area contributed by atoms with E-state index in [1.165, 1.54) is 55.5 Å². The summed E-state index contributed by atoms with van der Waals surface area (Å²) >= 11 is 6.13. The van der Waals surface area contributed by atoms with Crippen molar-refractivity contribution < 1.29 is 32.6 Å². The highest BCUT2D eigenvalue weighted by atomic mass is 35.5. The molecule has 9 nitrogen and oxygen atoms in total. The number of sulfonamides is 1. The maximum absolute atomic E-state index is 13.3. The van der Waals surface area contributed by atoms with E-state index in [0.29, 0.717) is 11.3 Å². The summed E-state index contributed by atoms with van der Waals surface area (Å²) < 4.78 is 33.9. The molecule has 1 saturated heterocycles. The van der Waals surface area contributed by atoms with Crippen LogP contribution in [0.1, 0.15) is 17.2 Å². The summed E-state index contributed by atoms with van der Waals surface area (Å²) in [4.78, 5) is 27.6. The van der Waals surface area contributed by atoms with Gasteiger partial charge in [0.25, 0.3) is 11.7 Å². The standard InChI is InChI=1S/C25H21ClN2O7S/c1-34-17-8-3-14(4-9-17)22-21(23(29)19-13-15(26)5-12-20(19)35-2)24(30)25(31)28(22)16-6-10-18(11-7-16)36(27,32)33/h3-13,22,29H,1-2H3,(H2,27,32,33)/b23-21+. The minimum absolute atomic E-state index is 0.131. The lowest BCUT2D eigenvalue weighted by Crippen LogP contribution is -2.29. The number of benzene rings is 3. The Morgan fingerprint density at radius 2 is 1.61 bits per heavy atom. The third-order valence-corrected chi connectivity index (χ3v) is 6.90. The van der Waals surface area contributed by atoms with E-state index in [2.05, 4.69) is 0 Å². The molecule has 3 aromatic carbocycles. The first-order valence-corrected chi connectivity index (χ1v) is 12.4. The highest BCUT2D eigenvalue weighted by Crippen LogP contribution is 2.44. The van der Waals surface area contributed by atoms with Crippen LogP contribution in [0.2, 0.25) is 5.02 Å². The fourth-order valence-corrected chi connectivity index (χ4v) is 4.69. The molecule has 1 atom stereocenters. The van der Waals surface area contributed by atoms with Crippen LogP contribution < -0.4 is 19.5 Å². The van der Waals surface area contributed by atoms with Crippen LogP contribution in [0.5, 0.6) is 11.5 Å². The molecule has 3 N–H and O–H groups in total. The number of ether oxygens (including phenoxy) is 2. The van der Waals surface area contributed by atoms with Gasteiger partial charge >= 0.3 is 0 Å². The number of ketones is 1. The van der Waals surface area contributed by atoms with Crippen molar-refractivity contribution in [3.05, 3.63) is 88.5 Å². The van der Waals surface area contributed by atoms with Gasteiger partial charge in [-0.25, -0.2) is 13.6 Å². The molecule has 1 heterocycles.